The Balaban J connectivity index is 1.52. The van der Waals surface area contributed by atoms with Crippen LogP contribution in [0.2, 0.25) is 5.02 Å². The molecule has 4 rings (SSSR count). The molecular weight excluding hydrogens is 374 g/mol. The van der Waals surface area contributed by atoms with Crippen LogP contribution in [0.15, 0.2) is 72.4 Å². The molecule has 1 unspecified atom stereocenters. The number of carbonyl (C=O) groups is 1. The standard InChI is InChI=1S/C21H18ClN5O/c1-14-13-18(16-5-3-2-4-6-16)27-21(23-14)25-20(26-27)24-19(28)12-9-15-7-10-17(22)11-8-15/h2-13,18H,1H3,(H2,23,24,25,26,28)/b12-9+. The second kappa shape index (κ2) is 7.70. The largest absolute Gasteiger partial charge is 0.329 e. The molecule has 0 aliphatic carbocycles. The molecule has 0 spiro atoms. The Labute approximate surface area is 167 Å². The van der Waals surface area contributed by atoms with E-state index in [4.69, 9.17) is 11.6 Å². The maximum absolute atomic E-state index is 12.2. The number of allylic oxidation sites excluding steroid dienone is 2. The number of aromatic nitrogens is 3. The van der Waals surface area contributed by atoms with Crippen molar-refractivity contribution in [2.75, 3.05) is 10.6 Å². The molecular formula is C21H18ClN5O. The Morgan fingerprint density at radius 2 is 1.93 bits per heavy atom. The zero-order chi connectivity index (χ0) is 19.5. The molecule has 0 saturated heterocycles. The van der Waals surface area contributed by atoms with E-state index in [0.717, 1.165) is 16.8 Å². The van der Waals surface area contributed by atoms with E-state index in [0.29, 0.717) is 11.0 Å². The Kier molecular flexibility index (Phi) is 4.95. The SMILES string of the molecule is CC1=CC(c2ccccc2)n2nc(NC(=O)/C=C/c3ccc(Cl)cc3)nc2N1. The fourth-order valence-electron chi connectivity index (χ4n) is 2.97. The van der Waals surface area contributed by atoms with E-state index < -0.39 is 0 Å². The Morgan fingerprint density at radius 3 is 2.68 bits per heavy atom. The minimum Gasteiger partial charge on any atom is -0.329 e. The molecule has 28 heavy (non-hydrogen) atoms. The van der Waals surface area contributed by atoms with Crippen molar-refractivity contribution < 1.29 is 4.79 Å². The van der Waals surface area contributed by atoms with Crippen molar-refractivity contribution in [3.05, 3.63) is 88.6 Å². The van der Waals surface area contributed by atoms with Gasteiger partial charge in [-0.25, -0.2) is 4.68 Å². The van der Waals surface area contributed by atoms with E-state index in [1.165, 1.54) is 6.08 Å². The minimum atomic E-state index is -0.307. The number of benzene rings is 2. The third kappa shape index (κ3) is 3.97. The first-order chi connectivity index (χ1) is 13.6. The summed E-state index contributed by atoms with van der Waals surface area (Å²) in [6.07, 6.45) is 5.22. The monoisotopic (exact) mass is 391 g/mol. The molecule has 0 radical (unpaired) electrons. The number of amides is 1. The molecule has 1 aliphatic rings. The summed E-state index contributed by atoms with van der Waals surface area (Å²) in [6.45, 7) is 1.97. The normalized spacial score (nSPS) is 15.6. The Hall–Kier alpha value is -3.38. The highest BCUT2D eigenvalue weighted by Gasteiger charge is 2.23. The number of nitrogens with zero attached hydrogens (tertiary/aromatic N) is 3. The zero-order valence-corrected chi connectivity index (χ0v) is 15.9. The summed E-state index contributed by atoms with van der Waals surface area (Å²) in [7, 11) is 0. The van der Waals surface area contributed by atoms with E-state index in [-0.39, 0.29) is 17.9 Å². The predicted molar refractivity (Wildman–Crippen MR) is 111 cm³/mol. The average Bonchev–Trinajstić information content (AvgIpc) is 3.09. The van der Waals surface area contributed by atoms with Crippen LogP contribution in [0.1, 0.15) is 24.1 Å². The lowest BCUT2D eigenvalue weighted by Gasteiger charge is -2.22. The van der Waals surface area contributed by atoms with Crippen LogP contribution in [0, 0.1) is 0 Å². The molecule has 6 nitrogen and oxygen atoms in total. The Bertz CT molecular complexity index is 1050. The van der Waals surface area contributed by atoms with Crippen molar-refractivity contribution >= 4 is 35.5 Å². The van der Waals surface area contributed by atoms with Crippen molar-refractivity contribution in [2.45, 2.75) is 13.0 Å². The molecule has 3 aromatic rings. The molecule has 2 heterocycles. The van der Waals surface area contributed by atoms with Crippen LogP contribution in [0.5, 0.6) is 0 Å². The van der Waals surface area contributed by atoms with Gasteiger partial charge in [0.25, 0.3) is 11.9 Å². The van der Waals surface area contributed by atoms with Gasteiger partial charge in [-0.05, 0) is 42.3 Å². The lowest BCUT2D eigenvalue weighted by atomic mass is 10.1. The highest BCUT2D eigenvalue weighted by Crippen LogP contribution is 2.29. The van der Waals surface area contributed by atoms with Crippen LogP contribution in [0.4, 0.5) is 11.9 Å². The van der Waals surface area contributed by atoms with Crippen LogP contribution in [0.25, 0.3) is 6.08 Å². The number of anilines is 2. The maximum atomic E-state index is 12.2. The van der Waals surface area contributed by atoms with Crippen molar-refractivity contribution in [1.82, 2.24) is 14.8 Å². The summed E-state index contributed by atoms with van der Waals surface area (Å²) < 4.78 is 1.76. The van der Waals surface area contributed by atoms with E-state index in [2.05, 4.69) is 26.8 Å². The fraction of sp³-hybridized carbons (Fsp3) is 0.0952. The Morgan fingerprint density at radius 1 is 1.18 bits per heavy atom. The molecule has 1 atom stereocenters. The third-order valence-electron chi connectivity index (χ3n) is 4.28. The van der Waals surface area contributed by atoms with E-state index in [1.807, 2.05) is 49.4 Å². The fourth-order valence-corrected chi connectivity index (χ4v) is 3.09. The number of nitrogens with one attached hydrogen (secondary N) is 2. The molecule has 140 valence electrons. The second-order valence-electron chi connectivity index (χ2n) is 6.41. The number of halogens is 1. The van der Waals surface area contributed by atoms with Gasteiger partial charge in [-0.3, -0.25) is 10.1 Å². The van der Waals surface area contributed by atoms with Crippen molar-refractivity contribution in [3.8, 4) is 0 Å². The minimum absolute atomic E-state index is 0.0831. The predicted octanol–water partition coefficient (Wildman–Crippen LogP) is 4.50. The highest BCUT2D eigenvalue weighted by molar-refractivity contribution is 6.30. The van der Waals surface area contributed by atoms with Gasteiger partial charge >= 0.3 is 0 Å². The maximum Gasteiger partial charge on any atom is 0.250 e. The average molecular weight is 392 g/mol. The summed E-state index contributed by atoms with van der Waals surface area (Å²) in [5.74, 6) is 0.530. The van der Waals surface area contributed by atoms with Gasteiger partial charge in [0.15, 0.2) is 0 Å². The molecule has 1 aromatic heterocycles. The van der Waals surface area contributed by atoms with Crippen molar-refractivity contribution in [3.63, 3.8) is 0 Å². The number of hydrogen-bond donors (Lipinski definition) is 2. The first-order valence-electron chi connectivity index (χ1n) is 8.80. The van der Waals surface area contributed by atoms with E-state index in [1.54, 1.807) is 22.9 Å². The molecule has 0 saturated carbocycles. The summed E-state index contributed by atoms with van der Waals surface area (Å²) >= 11 is 5.87. The molecule has 7 heteroatoms. The van der Waals surface area contributed by atoms with Crippen LogP contribution >= 0.6 is 11.6 Å². The van der Waals surface area contributed by atoms with Crippen LogP contribution < -0.4 is 10.6 Å². The van der Waals surface area contributed by atoms with Gasteiger partial charge < -0.3 is 5.32 Å². The van der Waals surface area contributed by atoms with Crippen LogP contribution in [-0.4, -0.2) is 20.7 Å². The van der Waals surface area contributed by atoms with Crippen molar-refractivity contribution in [1.29, 1.82) is 0 Å². The highest BCUT2D eigenvalue weighted by atomic mass is 35.5. The van der Waals surface area contributed by atoms with Crippen LogP contribution in [-0.2, 0) is 4.79 Å². The number of hydrogen-bond acceptors (Lipinski definition) is 4. The quantitative estimate of drug-likeness (QED) is 0.642. The molecule has 1 aliphatic heterocycles. The summed E-state index contributed by atoms with van der Waals surface area (Å²) in [5.41, 5.74) is 2.95. The number of fused-ring (bicyclic) bond motifs is 1. The zero-order valence-electron chi connectivity index (χ0n) is 15.1. The van der Waals surface area contributed by atoms with Gasteiger partial charge in [-0.1, -0.05) is 54.1 Å². The van der Waals surface area contributed by atoms with Crippen molar-refractivity contribution in [2.24, 2.45) is 0 Å². The third-order valence-corrected chi connectivity index (χ3v) is 4.54. The molecule has 1 amide bonds. The summed E-state index contributed by atoms with van der Waals surface area (Å²) in [4.78, 5) is 16.6. The summed E-state index contributed by atoms with van der Waals surface area (Å²) in [6, 6.07) is 17.2. The lowest BCUT2D eigenvalue weighted by molar-refractivity contribution is -0.111. The van der Waals surface area contributed by atoms with Gasteiger partial charge in [-0.2, -0.15) is 4.98 Å². The smallest absolute Gasteiger partial charge is 0.250 e. The molecule has 2 N–H and O–H groups in total. The van der Waals surface area contributed by atoms with Gasteiger partial charge in [0.1, 0.15) is 6.04 Å². The lowest BCUT2D eigenvalue weighted by Crippen LogP contribution is -2.19. The van der Waals surface area contributed by atoms with Gasteiger partial charge in [0, 0.05) is 16.8 Å². The molecule has 2 aromatic carbocycles. The van der Waals surface area contributed by atoms with Gasteiger partial charge in [0.2, 0.25) is 5.95 Å². The van der Waals surface area contributed by atoms with Crippen LogP contribution in [0.3, 0.4) is 0 Å². The van der Waals surface area contributed by atoms with E-state index >= 15 is 0 Å². The second-order valence-corrected chi connectivity index (χ2v) is 6.84. The molecule has 0 bridgehead atoms. The number of rotatable bonds is 4. The van der Waals surface area contributed by atoms with Gasteiger partial charge in [-0.15, -0.1) is 5.10 Å². The molecule has 0 fully saturated rings. The first kappa shape index (κ1) is 18.0. The van der Waals surface area contributed by atoms with Gasteiger partial charge in [0.05, 0.1) is 0 Å². The number of carbonyl (C=O) groups excluding carboxylic acids is 1. The van der Waals surface area contributed by atoms with E-state index in [9.17, 15) is 4.79 Å². The topological polar surface area (TPSA) is 71.8 Å². The first-order valence-corrected chi connectivity index (χ1v) is 9.18. The summed E-state index contributed by atoms with van der Waals surface area (Å²) in [5, 5.41) is 11.0.